The monoisotopic (exact) mass is 218 g/mol. The Morgan fingerprint density at radius 2 is 1.87 bits per heavy atom. The third-order valence-electron chi connectivity index (χ3n) is 4.42. The lowest BCUT2D eigenvalue weighted by Crippen LogP contribution is -2.38. The summed E-state index contributed by atoms with van der Waals surface area (Å²) in [4.78, 5) is 0. The topological polar surface area (TPSA) is 20.2 Å². The first-order chi connectivity index (χ1) is 7.08. The van der Waals surface area contributed by atoms with Gasteiger partial charge in [-0.2, -0.15) is 0 Å². The van der Waals surface area contributed by atoms with Gasteiger partial charge in [-0.3, -0.25) is 0 Å². The summed E-state index contributed by atoms with van der Waals surface area (Å²) in [6, 6.07) is 0. The van der Waals surface area contributed by atoms with E-state index in [4.69, 9.17) is 0 Å². The average molecular weight is 218 g/mol. The number of hydrogen-bond donors (Lipinski definition) is 1. The third-order valence-corrected chi connectivity index (χ3v) is 4.42. The van der Waals surface area contributed by atoms with Crippen molar-refractivity contribution in [2.45, 2.75) is 38.2 Å². The van der Waals surface area contributed by atoms with E-state index in [2.05, 4.69) is 6.92 Å². The highest BCUT2D eigenvalue weighted by atomic mass is 19.1. The Kier molecular flexibility index (Phi) is 3.02. The summed E-state index contributed by atoms with van der Waals surface area (Å²) in [5.74, 6) is 2.37. The summed E-state index contributed by atoms with van der Waals surface area (Å²) in [5.41, 5.74) is -1.70. The largest absolute Gasteiger partial charge is 0.384 e. The van der Waals surface area contributed by atoms with Crippen molar-refractivity contribution in [2.75, 3.05) is 13.3 Å². The van der Waals surface area contributed by atoms with E-state index in [1.165, 1.54) is 12.8 Å². The highest BCUT2D eigenvalue weighted by Crippen LogP contribution is 2.53. The number of fused-ring (bicyclic) bond motifs is 2. The highest BCUT2D eigenvalue weighted by molar-refractivity contribution is 4.96. The molecule has 0 saturated heterocycles. The summed E-state index contributed by atoms with van der Waals surface area (Å²) >= 11 is 0. The molecule has 1 nitrogen and oxygen atoms in total. The SMILES string of the molecule is CC1CC2CC(CC(O)(CF)CF)C1C2. The van der Waals surface area contributed by atoms with Crippen LogP contribution in [0.15, 0.2) is 0 Å². The molecule has 0 radical (unpaired) electrons. The van der Waals surface area contributed by atoms with E-state index < -0.39 is 19.0 Å². The second-order valence-corrected chi connectivity index (χ2v) is 5.67. The zero-order valence-electron chi connectivity index (χ0n) is 9.26. The first kappa shape index (κ1) is 11.3. The number of rotatable bonds is 4. The molecular formula is C12H20F2O. The quantitative estimate of drug-likeness (QED) is 0.769. The van der Waals surface area contributed by atoms with Crippen LogP contribution in [0.4, 0.5) is 8.78 Å². The zero-order valence-corrected chi connectivity index (χ0v) is 9.26. The molecule has 2 aliphatic carbocycles. The molecule has 1 N–H and O–H groups in total. The maximum atomic E-state index is 12.5. The van der Waals surface area contributed by atoms with Gasteiger partial charge >= 0.3 is 0 Å². The van der Waals surface area contributed by atoms with Gasteiger partial charge in [0, 0.05) is 0 Å². The Hall–Kier alpha value is -0.180. The second-order valence-electron chi connectivity index (χ2n) is 5.67. The van der Waals surface area contributed by atoms with E-state index in [-0.39, 0.29) is 0 Å². The van der Waals surface area contributed by atoms with Gasteiger partial charge in [-0.1, -0.05) is 6.92 Å². The van der Waals surface area contributed by atoms with Crippen LogP contribution in [0.2, 0.25) is 0 Å². The van der Waals surface area contributed by atoms with Crippen molar-refractivity contribution in [3.8, 4) is 0 Å². The van der Waals surface area contributed by atoms with Gasteiger partial charge in [0.05, 0.1) is 0 Å². The number of aliphatic hydroxyl groups is 1. The smallest absolute Gasteiger partial charge is 0.121 e. The van der Waals surface area contributed by atoms with Crippen molar-refractivity contribution in [3.63, 3.8) is 0 Å². The van der Waals surface area contributed by atoms with Gasteiger partial charge in [-0.15, -0.1) is 0 Å². The van der Waals surface area contributed by atoms with Crippen LogP contribution in [-0.2, 0) is 0 Å². The molecule has 4 atom stereocenters. The minimum absolute atomic E-state index is 0.311. The number of alkyl halides is 2. The van der Waals surface area contributed by atoms with Crippen LogP contribution in [0.3, 0.4) is 0 Å². The minimum atomic E-state index is -1.70. The molecule has 2 rings (SSSR count). The van der Waals surface area contributed by atoms with Crippen LogP contribution in [0.25, 0.3) is 0 Å². The van der Waals surface area contributed by atoms with E-state index in [0.717, 1.165) is 12.3 Å². The molecule has 0 amide bonds. The highest BCUT2D eigenvalue weighted by Gasteiger charge is 2.46. The Morgan fingerprint density at radius 1 is 1.20 bits per heavy atom. The molecule has 3 heteroatoms. The third kappa shape index (κ3) is 2.03. The van der Waals surface area contributed by atoms with Gasteiger partial charge in [0.25, 0.3) is 0 Å². The molecule has 0 aliphatic heterocycles. The molecule has 4 unspecified atom stereocenters. The second kappa shape index (κ2) is 4.00. The Balaban J connectivity index is 1.96. The molecule has 15 heavy (non-hydrogen) atoms. The molecule has 2 saturated carbocycles. The van der Waals surface area contributed by atoms with E-state index in [9.17, 15) is 13.9 Å². The van der Waals surface area contributed by atoms with Crippen molar-refractivity contribution in [1.82, 2.24) is 0 Å². The molecule has 0 spiro atoms. The van der Waals surface area contributed by atoms with Crippen LogP contribution in [0.1, 0.15) is 32.6 Å². The Labute approximate surface area is 89.9 Å². The van der Waals surface area contributed by atoms with Gasteiger partial charge in [-0.25, -0.2) is 8.78 Å². The first-order valence-corrected chi connectivity index (χ1v) is 5.92. The maximum absolute atomic E-state index is 12.5. The molecule has 2 bridgehead atoms. The predicted molar refractivity (Wildman–Crippen MR) is 55.0 cm³/mol. The molecule has 2 aliphatic rings. The van der Waals surface area contributed by atoms with Crippen molar-refractivity contribution in [2.24, 2.45) is 23.7 Å². The number of halogens is 2. The van der Waals surface area contributed by atoms with Crippen molar-refractivity contribution >= 4 is 0 Å². The van der Waals surface area contributed by atoms with E-state index in [1.807, 2.05) is 0 Å². The molecule has 0 aromatic carbocycles. The number of hydrogen-bond acceptors (Lipinski definition) is 1. The van der Waals surface area contributed by atoms with Crippen LogP contribution in [0, 0.1) is 23.7 Å². The zero-order chi connectivity index (χ0) is 11.1. The molecule has 0 heterocycles. The van der Waals surface area contributed by atoms with Gasteiger partial charge in [0.15, 0.2) is 0 Å². The summed E-state index contributed by atoms with van der Waals surface area (Å²) in [7, 11) is 0. The Morgan fingerprint density at radius 3 is 2.33 bits per heavy atom. The van der Waals surface area contributed by atoms with Crippen LogP contribution in [-0.4, -0.2) is 24.1 Å². The van der Waals surface area contributed by atoms with Crippen LogP contribution >= 0.6 is 0 Å². The fraction of sp³-hybridized carbons (Fsp3) is 1.00. The van der Waals surface area contributed by atoms with E-state index >= 15 is 0 Å². The molecular weight excluding hydrogens is 198 g/mol. The summed E-state index contributed by atoms with van der Waals surface area (Å²) in [6.07, 6.45) is 3.86. The molecule has 2 fully saturated rings. The lowest BCUT2D eigenvalue weighted by Gasteiger charge is -2.32. The normalized spacial score (nSPS) is 40.0. The Bertz CT molecular complexity index is 228. The lowest BCUT2D eigenvalue weighted by atomic mass is 9.76. The van der Waals surface area contributed by atoms with Gasteiger partial charge in [-0.05, 0) is 49.4 Å². The van der Waals surface area contributed by atoms with Crippen LogP contribution in [0.5, 0.6) is 0 Å². The first-order valence-electron chi connectivity index (χ1n) is 5.92. The summed E-state index contributed by atoms with van der Waals surface area (Å²) in [6.45, 7) is 0.318. The molecule has 88 valence electrons. The van der Waals surface area contributed by atoms with Gasteiger partial charge in [0.2, 0.25) is 0 Å². The van der Waals surface area contributed by atoms with E-state index in [0.29, 0.717) is 24.2 Å². The molecule has 0 aromatic rings. The maximum Gasteiger partial charge on any atom is 0.121 e. The average Bonchev–Trinajstić information content (AvgIpc) is 2.75. The van der Waals surface area contributed by atoms with E-state index in [1.54, 1.807) is 0 Å². The van der Waals surface area contributed by atoms with Crippen molar-refractivity contribution in [3.05, 3.63) is 0 Å². The van der Waals surface area contributed by atoms with Gasteiger partial charge in [0.1, 0.15) is 19.0 Å². The summed E-state index contributed by atoms with van der Waals surface area (Å²) < 4.78 is 25.1. The molecule has 0 aromatic heterocycles. The lowest BCUT2D eigenvalue weighted by molar-refractivity contribution is -0.0350. The van der Waals surface area contributed by atoms with Crippen molar-refractivity contribution in [1.29, 1.82) is 0 Å². The fourth-order valence-corrected chi connectivity index (χ4v) is 3.73. The fourth-order valence-electron chi connectivity index (χ4n) is 3.73. The predicted octanol–water partition coefficient (Wildman–Crippen LogP) is 2.73. The standard InChI is InChI=1S/C12H20F2O/c1-8-2-9-3-10(11(8)4-9)5-12(15,6-13)7-14/h8-11,15H,2-7H2,1H3. The minimum Gasteiger partial charge on any atom is -0.384 e. The van der Waals surface area contributed by atoms with Crippen LogP contribution < -0.4 is 0 Å². The summed E-state index contributed by atoms with van der Waals surface area (Å²) in [5, 5.41) is 9.65. The van der Waals surface area contributed by atoms with Gasteiger partial charge < -0.3 is 5.11 Å². The van der Waals surface area contributed by atoms with Crippen molar-refractivity contribution < 1.29 is 13.9 Å².